The molecule has 0 aromatic rings. The number of esters is 1. The van der Waals surface area contributed by atoms with Gasteiger partial charge in [0.05, 0.1) is 11.3 Å². The van der Waals surface area contributed by atoms with E-state index in [1.165, 1.54) is 0 Å². The number of carboxylic acid groups (broad SMARTS) is 1. The normalized spacial score (nSPS) is 13.5. The van der Waals surface area contributed by atoms with E-state index < -0.39 is 28.9 Å². The lowest BCUT2D eigenvalue weighted by Gasteiger charge is -2.38. The lowest BCUT2D eigenvalue weighted by atomic mass is 9.67. The molecule has 0 aliphatic rings. The Morgan fingerprint density at radius 3 is 1.86 bits per heavy atom. The monoisotopic (exact) mass is 310 g/mol. The summed E-state index contributed by atoms with van der Waals surface area (Å²) in [6, 6.07) is 0. The molecule has 0 bridgehead atoms. The van der Waals surface area contributed by atoms with Crippen LogP contribution in [0, 0.1) is 17.3 Å². The van der Waals surface area contributed by atoms with Crippen molar-refractivity contribution in [3.05, 3.63) is 25.3 Å². The van der Waals surface area contributed by atoms with E-state index in [-0.39, 0.29) is 18.8 Å². The first-order valence-corrected chi connectivity index (χ1v) is 7.68. The zero-order valence-corrected chi connectivity index (χ0v) is 14.5. The fraction of sp³-hybridized carbons (Fsp3) is 0.667. The van der Waals surface area contributed by atoms with Crippen LogP contribution in [0.3, 0.4) is 0 Å². The predicted molar refractivity (Wildman–Crippen MR) is 88.5 cm³/mol. The standard InChI is InChI=1S/C18H30O4/c1-8-10-18(11-9-2,16(21)22-17(5,6)7)14(15(19)20)12-13(3)4/h8-9,13-14H,1-2,10-12H2,3-7H3,(H,19,20). The Kier molecular flexibility index (Phi) is 7.57. The van der Waals surface area contributed by atoms with Gasteiger partial charge in [-0.25, -0.2) is 0 Å². The van der Waals surface area contributed by atoms with Gasteiger partial charge < -0.3 is 9.84 Å². The highest BCUT2D eigenvalue weighted by Crippen LogP contribution is 2.42. The summed E-state index contributed by atoms with van der Waals surface area (Å²) in [5.74, 6) is -2.16. The highest BCUT2D eigenvalue weighted by Gasteiger charge is 2.49. The van der Waals surface area contributed by atoms with Crippen molar-refractivity contribution in [2.45, 2.75) is 59.5 Å². The molecule has 0 radical (unpaired) electrons. The summed E-state index contributed by atoms with van der Waals surface area (Å²) in [4.78, 5) is 24.6. The first kappa shape index (κ1) is 20.4. The Bertz CT molecular complexity index is 405. The number of aliphatic carboxylic acids is 1. The van der Waals surface area contributed by atoms with E-state index in [0.29, 0.717) is 6.42 Å². The predicted octanol–water partition coefficient (Wildman–Crippen LogP) is 4.21. The molecule has 0 amide bonds. The van der Waals surface area contributed by atoms with Crippen molar-refractivity contribution in [2.24, 2.45) is 17.3 Å². The number of carbonyl (C=O) groups excluding carboxylic acids is 1. The van der Waals surface area contributed by atoms with Gasteiger partial charge in [-0.05, 0) is 46.0 Å². The molecule has 4 nitrogen and oxygen atoms in total. The lowest BCUT2D eigenvalue weighted by Crippen LogP contribution is -2.46. The molecule has 0 spiro atoms. The third-order valence-corrected chi connectivity index (χ3v) is 3.49. The maximum atomic E-state index is 12.8. The van der Waals surface area contributed by atoms with Gasteiger partial charge in [0, 0.05) is 0 Å². The molecule has 0 heterocycles. The van der Waals surface area contributed by atoms with Crippen LogP contribution in [0.4, 0.5) is 0 Å². The second kappa shape index (κ2) is 8.16. The molecule has 0 aromatic heterocycles. The van der Waals surface area contributed by atoms with Crippen LogP contribution in [-0.2, 0) is 14.3 Å². The van der Waals surface area contributed by atoms with Crippen molar-refractivity contribution < 1.29 is 19.4 Å². The Balaban J connectivity index is 5.90. The third-order valence-electron chi connectivity index (χ3n) is 3.49. The smallest absolute Gasteiger partial charge is 0.314 e. The number of carbonyl (C=O) groups is 2. The molecule has 0 saturated carbocycles. The van der Waals surface area contributed by atoms with Gasteiger partial charge in [-0.3, -0.25) is 9.59 Å². The van der Waals surface area contributed by atoms with E-state index in [9.17, 15) is 14.7 Å². The Morgan fingerprint density at radius 2 is 1.59 bits per heavy atom. The van der Waals surface area contributed by atoms with E-state index in [1.807, 2.05) is 13.8 Å². The molecule has 0 aliphatic heterocycles. The molecule has 0 aliphatic carbocycles. The average Bonchev–Trinajstić information content (AvgIpc) is 2.32. The fourth-order valence-corrected chi connectivity index (χ4v) is 2.61. The maximum Gasteiger partial charge on any atom is 0.314 e. The zero-order chi connectivity index (χ0) is 17.6. The van der Waals surface area contributed by atoms with Crippen molar-refractivity contribution in [3.8, 4) is 0 Å². The van der Waals surface area contributed by atoms with Gasteiger partial charge in [-0.2, -0.15) is 0 Å². The van der Waals surface area contributed by atoms with E-state index in [1.54, 1.807) is 32.9 Å². The molecular formula is C18H30O4. The topological polar surface area (TPSA) is 63.6 Å². The van der Waals surface area contributed by atoms with E-state index in [2.05, 4.69) is 13.2 Å². The van der Waals surface area contributed by atoms with Gasteiger partial charge in [0.2, 0.25) is 0 Å². The molecule has 4 heteroatoms. The fourth-order valence-electron chi connectivity index (χ4n) is 2.61. The van der Waals surface area contributed by atoms with Crippen molar-refractivity contribution in [1.82, 2.24) is 0 Å². The van der Waals surface area contributed by atoms with Crippen LogP contribution < -0.4 is 0 Å². The summed E-state index contributed by atoms with van der Waals surface area (Å²) in [6.07, 6.45) is 4.07. The van der Waals surface area contributed by atoms with Gasteiger partial charge in [-0.15, -0.1) is 13.2 Å². The largest absolute Gasteiger partial charge is 0.481 e. The van der Waals surface area contributed by atoms with Gasteiger partial charge in [0.1, 0.15) is 5.60 Å². The van der Waals surface area contributed by atoms with Crippen LogP contribution >= 0.6 is 0 Å². The van der Waals surface area contributed by atoms with Crippen molar-refractivity contribution >= 4 is 11.9 Å². The van der Waals surface area contributed by atoms with Crippen molar-refractivity contribution in [1.29, 1.82) is 0 Å². The second-order valence-corrected chi connectivity index (χ2v) is 7.16. The Morgan fingerprint density at radius 1 is 1.14 bits per heavy atom. The summed E-state index contributed by atoms with van der Waals surface area (Å²) < 4.78 is 5.52. The number of hydrogen-bond donors (Lipinski definition) is 1. The van der Waals surface area contributed by atoms with E-state index >= 15 is 0 Å². The number of rotatable bonds is 9. The van der Waals surface area contributed by atoms with Crippen LogP contribution in [0.2, 0.25) is 0 Å². The van der Waals surface area contributed by atoms with Crippen LogP contribution in [0.25, 0.3) is 0 Å². The highest BCUT2D eigenvalue weighted by molar-refractivity contribution is 5.85. The van der Waals surface area contributed by atoms with Crippen LogP contribution in [0.1, 0.15) is 53.9 Å². The summed E-state index contributed by atoms with van der Waals surface area (Å²) in [7, 11) is 0. The molecule has 126 valence electrons. The first-order chi connectivity index (χ1) is 10.00. The number of allylic oxidation sites excluding steroid dienone is 2. The quantitative estimate of drug-likeness (QED) is 0.512. The molecule has 0 fully saturated rings. The SMILES string of the molecule is C=CCC(CC=C)(C(=O)OC(C)(C)C)C(CC(C)C)C(=O)O. The second-order valence-electron chi connectivity index (χ2n) is 7.16. The molecule has 0 rings (SSSR count). The third kappa shape index (κ3) is 5.66. The molecule has 1 unspecified atom stereocenters. The minimum absolute atomic E-state index is 0.151. The van der Waals surface area contributed by atoms with Gasteiger partial charge >= 0.3 is 11.9 Å². The summed E-state index contributed by atoms with van der Waals surface area (Å²) in [5.41, 5.74) is -1.83. The molecule has 22 heavy (non-hydrogen) atoms. The first-order valence-electron chi connectivity index (χ1n) is 7.68. The Labute approximate surface area is 134 Å². The van der Waals surface area contributed by atoms with E-state index in [0.717, 1.165) is 0 Å². The van der Waals surface area contributed by atoms with Gasteiger partial charge in [0.15, 0.2) is 0 Å². The Hall–Kier alpha value is -1.58. The van der Waals surface area contributed by atoms with Gasteiger partial charge in [0.25, 0.3) is 0 Å². The number of ether oxygens (including phenoxy) is 1. The minimum atomic E-state index is -1.16. The highest BCUT2D eigenvalue weighted by atomic mass is 16.6. The van der Waals surface area contributed by atoms with Crippen LogP contribution in [0.5, 0.6) is 0 Å². The van der Waals surface area contributed by atoms with Crippen LogP contribution in [-0.4, -0.2) is 22.6 Å². The number of carboxylic acids is 1. The minimum Gasteiger partial charge on any atom is -0.481 e. The summed E-state index contributed by atoms with van der Waals surface area (Å²) in [5, 5.41) is 9.68. The van der Waals surface area contributed by atoms with Crippen molar-refractivity contribution in [3.63, 3.8) is 0 Å². The summed E-state index contributed by atoms with van der Waals surface area (Å²) in [6.45, 7) is 16.6. The molecule has 1 N–H and O–H groups in total. The van der Waals surface area contributed by atoms with Crippen LogP contribution in [0.15, 0.2) is 25.3 Å². The number of hydrogen-bond acceptors (Lipinski definition) is 3. The van der Waals surface area contributed by atoms with Crippen molar-refractivity contribution in [2.75, 3.05) is 0 Å². The zero-order valence-electron chi connectivity index (χ0n) is 14.5. The van der Waals surface area contributed by atoms with E-state index in [4.69, 9.17) is 4.74 Å². The molecule has 0 aromatic carbocycles. The average molecular weight is 310 g/mol. The molecule has 0 saturated heterocycles. The van der Waals surface area contributed by atoms with Gasteiger partial charge in [-0.1, -0.05) is 26.0 Å². The molecule has 1 atom stereocenters. The lowest BCUT2D eigenvalue weighted by molar-refractivity contribution is -0.177. The maximum absolute atomic E-state index is 12.8. The summed E-state index contributed by atoms with van der Waals surface area (Å²) >= 11 is 0. The molecular weight excluding hydrogens is 280 g/mol.